The molecule has 1 aromatic heterocycles. The predicted molar refractivity (Wildman–Crippen MR) is 71.4 cm³/mol. The third-order valence-corrected chi connectivity index (χ3v) is 2.67. The summed E-state index contributed by atoms with van der Waals surface area (Å²) in [6.45, 7) is 8.31. The molecule has 1 atom stereocenters. The zero-order chi connectivity index (χ0) is 13.6. The summed E-state index contributed by atoms with van der Waals surface area (Å²) >= 11 is 0. The molecule has 0 amide bonds. The van der Waals surface area contributed by atoms with Gasteiger partial charge < -0.3 is 15.2 Å². The highest BCUT2D eigenvalue weighted by atomic mass is 16.5. The second kappa shape index (κ2) is 6.87. The van der Waals surface area contributed by atoms with Crippen molar-refractivity contribution >= 4 is 0 Å². The van der Waals surface area contributed by atoms with Gasteiger partial charge in [-0.1, -0.05) is 0 Å². The number of hydrogen-bond donors (Lipinski definition) is 2. The van der Waals surface area contributed by atoms with Gasteiger partial charge in [0.15, 0.2) is 0 Å². The van der Waals surface area contributed by atoms with Crippen molar-refractivity contribution in [3.05, 3.63) is 18.0 Å². The van der Waals surface area contributed by atoms with Crippen LogP contribution in [0.3, 0.4) is 0 Å². The summed E-state index contributed by atoms with van der Waals surface area (Å²) in [7, 11) is 1.59. The third-order valence-electron chi connectivity index (χ3n) is 2.67. The molecule has 0 fully saturated rings. The van der Waals surface area contributed by atoms with Gasteiger partial charge in [0.2, 0.25) is 0 Å². The van der Waals surface area contributed by atoms with Crippen LogP contribution in [0, 0.1) is 0 Å². The molecule has 0 spiro atoms. The van der Waals surface area contributed by atoms with Crippen LogP contribution in [0.2, 0.25) is 0 Å². The van der Waals surface area contributed by atoms with Gasteiger partial charge in [-0.2, -0.15) is 5.10 Å². The third kappa shape index (κ3) is 5.16. The Kier molecular flexibility index (Phi) is 5.78. The highest BCUT2D eigenvalue weighted by Crippen LogP contribution is 2.12. The van der Waals surface area contributed by atoms with Crippen molar-refractivity contribution in [2.45, 2.75) is 45.4 Å². The minimum Gasteiger partial charge on any atom is -0.391 e. The van der Waals surface area contributed by atoms with E-state index in [1.54, 1.807) is 7.11 Å². The first-order chi connectivity index (χ1) is 8.43. The molecular weight excluding hydrogens is 230 g/mol. The van der Waals surface area contributed by atoms with Gasteiger partial charge in [-0.05, 0) is 33.7 Å². The molecule has 1 aromatic rings. The molecule has 0 aliphatic carbocycles. The molecule has 0 saturated carbocycles. The van der Waals surface area contributed by atoms with Gasteiger partial charge >= 0.3 is 0 Å². The van der Waals surface area contributed by atoms with Crippen molar-refractivity contribution in [1.82, 2.24) is 15.1 Å². The smallest absolute Gasteiger partial charge is 0.0785 e. The maximum absolute atomic E-state index is 9.48. The lowest BCUT2D eigenvalue weighted by Crippen LogP contribution is -2.23. The van der Waals surface area contributed by atoms with Gasteiger partial charge in [-0.25, -0.2) is 0 Å². The molecule has 0 aromatic carbocycles. The van der Waals surface area contributed by atoms with Crippen molar-refractivity contribution in [2.24, 2.45) is 0 Å². The summed E-state index contributed by atoms with van der Waals surface area (Å²) in [6, 6.07) is 0. The number of aliphatic hydroxyl groups is 1. The number of ether oxygens (including phenoxy) is 1. The number of methoxy groups -OCH3 is 1. The number of nitrogens with zero attached hydrogens (tertiary/aromatic N) is 2. The van der Waals surface area contributed by atoms with E-state index in [1.807, 2.05) is 10.9 Å². The van der Waals surface area contributed by atoms with E-state index >= 15 is 0 Å². The monoisotopic (exact) mass is 255 g/mol. The summed E-state index contributed by atoms with van der Waals surface area (Å²) in [6.07, 6.45) is 4.24. The SMILES string of the molecule is COCC(O)CCNCc1cnn(C(C)(C)C)c1. The Balaban J connectivity index is 2.26. The Morgan fingerprint density at radius 3 is 2.78 bits per heavy atom. The van der Waals surface area contributed by atoms with Crippen molar-refractivity contribution in [1.29, 1.82) is 0 Å². The van der Waals surface area contributed by atoms with Crippen LogP contribution >= 0.6 is 0 Å². The number of rotatable bonds is 7. The summed E-state index contributed by atoms with van der Waals surface area (Å²) < 4.78 is 6.83. The lowest BCUT2D eigenvalue weighted by Gasteiger charge is -2.18. The van der Waals surface area contributed by atoms with E-state index in [9.17, 15) is 5.11 Å². The quantitative estimate of drug-likeness (QED) is 0.717. The summed E-state index contributed by atoms with van der Waals surface area (Å²) in [5, 5.41) is 17.1. The van der Waals surface area contributed by atoms with Gasteiger partial charge in [0.1, 0.15) is 0 Å². The van der Waals surface area contributed by atoms with Gasteiger partial charge in [0.05, 0.1) is 24.4 Å². The van der Waals surface area contributed by atoms with Crippen LogP contribution in [-0.4, -0.2) is 41.3 Å². The Morgan fingerprint density at radius 2 is 2.22 bits per heavy atom. The zero-order valence-corrected chi connectivity index (χ0v) is 11.8. The first kappa shape index (κ1) is 15.1. The summed E-state index contributed by atoms with van der Waals surface area (Å²) in [4.78, 5) is 0. The highest BCUT2D eigenvalue weighted by molar-refractivity contribution is 5.04. The Labute approximate surface area is 109 Å². The molecule has 2 N–H and O–H groups in total. The number of aliphatic hydroxyl groups excluding tert-OH is 1. The lowest BCUT2D eigenvalue weighted by atomic mass is 10.1. The molecule has 0 aliphatic rings. The van der Waals surface area contributed by atoms with E-state index in [2.05, 4.69) is 37.4 Å². The van der Waals surface area contributed by atoms with Gasteiger partial charge in [-0.15, -0.1) is 0 Å². The van der Waals surface area contributed by atoms with Crippen LogP contribution in [0.25, 0.3) is 0 Å². The average molecular weight is 255 g/mol. The minimum absolute atomic E-state index is 0.0207. The molecule has 1 heterocycles. The van der Waals surface area contributed by atoms with E-state index in [0.717, 1.165) is 18.7 Å². The zero-order valence-electron chi connectivity index (χ0n) is 11.8. The maximum atomic E-state index is 9.48. The topological polar surface area (TPSA) is 59.3 Å². The molecule has 5 heteroatoms. The summed E-state index contributed by atoms with van der Waals surface area (Å²) in [5.41, 5.74) is 1.18. The normalized spacial score (nSPS) is 13.8. The van der Waals surface area contributed by atoms with E-state index < -0.39 is 0 Å². The van der Waals surface area contributed by atoms with Crippen molar-refractivity contribution in [2.75, 3.05) is 20.3 Å². The molecule has 104 valence electrons. The minimum atomic E-state index is -0.389. The van der Waals surface area contributed by atoms with E-state index in [4.69, 9.17) is 4.74 Å². The average Bonchev–Trinajstić information content (AvgIpc) is 2.73. The fourth-order valence-corrected chi connectivity index (χ4v) is 1.60. The second-order valence-corrected chi connectivity index (χ2v) is 5.54. The van der Waals surface area contributed by atoms with E-state index in [1.165, 1.54) is 0 Å². The van der Waals surface area contributed by atoms with Crippen LogP contribution in [0.15, 0.2) is 12.4 Å². The Hall–Kier alpha value is -0.910. The Morgan fingerprint density at radius 1 is 1.50 bits per heavy atom. The fraction of sp³-hybridized carbons (Fsp3) is 0.769. The van der Waals surface area contributed by atoms with Crippen LogP contribution in [0.1, 0.15) is 32.8 Å². The van der Waals surface area contributed by atoms with E-state index in [0.29, 0.717) is 13.0 Å². The first-order valence-corrected chi connectivity index (χ1v) is 6.35. The number of aromatic nitrogens is 2. The van der Waals surface area contributed by atoms with Crippen molar-refractivity contribution in [3.8, 4) is 0 Å². The van der Waals surface area contributed by atoms with E-state index in [-0.39, 0.29) is 11.6 Å². The molecule has 1 unspecified atom stereocenters. The highest BCUT2D eigenvalue weighted by Gasteiger charge is 2.13. The van der Waals surface area contributed by atoms with Crippen molar-refractivity contribution < 1.29 is 9.84 Å². The molecule has 1 rings (SSSR count). The first-order valence-electron chi connectivity index (χ1n) is 6.35. The Bertz CT molecular complexity index is 344. The molecule has 5 nitrogen and oxygen atoms in total. The van der Waals surface area contributed by atoms with Crippen molar-refractivity contribution in [3.63, 3.8) is 0 Å². The van der Waals surface area contributed by atoms with Crippen LogP contribution in [0.5, 0.6) is 0 Å². The van der Waals surface area contributed by atoms with Crippen LogP contribution < -0.4 is 5.32 Å². The summed E-state index contributed by atoms with van der Waals surface area (Å²) in [5.74, 6) is 0. The van der Waals surface area contributed by atoms with Gasteiger partial charge in [0, 0.05) is 25.4 Å². The molecular formula is C13H25N3O2. The molecule has 0 saturated heterocycles. The number of nitrogens with one attached hydrogen (secondary N) is 1. The van der Waals surface area contributed by atoms with Gasteiger partial charge in [-0.3, -0.25) is 4.68 Å². The molecule has 0 radical (unpaired) electrons. The van der Waals surface area contributed by atoms with Crippen LogP contribution in [0.4, 0.5) is 0 Å². The van der Waals surface area contributed by atoms with Crippen LogP contribution in [-0.2, 0) is 16.8 Å². The molecule has 18 heavy (non-hydrogen) atoms. The second-order valence-electron chi connectivity index (χ2n) is 5.54. The molecule has 0 aliphatic heterocycles. The standard InChI is InChI=1S/C13H25N3O2/c1-13(2,3)16-9-11(8-15-16)7-14-6-5-12(17)10-18-4/h8-9,12,14,17H,5-7,10H2,1-4H3. The predicted octanol–water partition coefficient (Wildman–Crippen LogP) is 1.13. The lowest BCUT2D eigenvalue weighted by molar-refractivity contribution is 0.0594. The fourth-order valence-electron chi connectivity index (χ4n) is 1.60. The van der Waals surface area contributed by atoms with Gasteiger partial charge in [0.25, 0.3) is 0 Å². The number of hydrogen-bond acceptors (Lipinski definition) is 4. The maximum Gasteiger partial charge on any atom is 0.0785 e. The largest absolute Gasteiger partial charge is 0.391 e. The molecule has 0 bridgehead atoms.